The summed E-state index contributed by atoms with van der Waals surface area (Å²) >= 11 is 6.02. The van der Waals surface area contributed by atoms with Gasteiger partial charge in [-0.15, -0.1) is 0 Å². The summed E-state index contributed by atoms with van der Waals surface area (Å²) in [7, 11) is 0. The Morgan fingerprint density at radius 3 is 3.00 bits per heavy atom. The number of hydrogen-bond acceptors (Lipinski definition) is 4. The molecular formula is C14H19ClN2O3. The standard InChI is InChI=1S/C14H19ClN2O3/c1-10-13(14(16)18)17(6-8-19-10)7-9-20-12-5-3-2-4-11(12)15/h2-5,10,13H,6-9H2,1H3,(H2,16,18)/t10-,13+/m1/s1. The maximum absolute atomic E-state index is 11.5. The van der Waals surface area contributed by atoms with Crippen LogP contribution in [0.1, 0.15) is 6.92 Å². The van der Waals surface area contributed by atoms with Gasteiger partial charge in [-0.05, 0) is 19.1 Å². The Morgan fingerprint density at radius 1 is 1.55 bits per heavy atom. The number of nitrogens with zero attached hydrogens (tertiary/aromatic N) is 1. The lowest BCUT2D eigenvalue weighted by atomic mass is 10.1. The van der Waals surface area contributed by atoms with Crippen LogP contribution in [0.5, 0.6) is 5.75 Å². The average Bonchev–Trinajstić information content (AvgIpc) is 2.40. The van der Waals surface area contributed by atoms with Gasteiger partial charge in [0, 0.05) is 13.1 Å². The second-order valence-electron chi connectivity index (χ2n) is 4.74. The van der Waals surface area contributed by atoms with Crippen molar-refractivity contribution in [1.82, 2.24) is 4.90 Å². The van der Waals surface area contributed by atoms with Crippen molar-refractivity contribution in [3.63, 3.8) is 0 Å². The highest BCUT2D eigenvalue weighted by molar-refractivity contribution is 6.32. The number of hydrogen-bond donors (Lipinski definition) is 1. The van der Waals surface area contributed by atoms with Crippen LogP contribution in [0.4, 0.5) is 0 Å². The van der Waals surface area contributed by atoms with Crippen molar-refractivity contribution in [1.29, 1.82) is 0 Å². The predicted molar refractivity (Wildman–Crippen MR) is 76.9 cm³/mol. The lowest BCUT2D eigenvalue weighted by Crippen LogP contribution is -2.57. The van der Waals surface area contributed by atoms with Crippen LogP contribution in [-0.2, 0) is 9.53 Å². The van der Waals surface area contributed by atoms with E-state index in [2.05, 4.69) is 0 Å². The molecule has 6 heteroatoms. The topological polar surface area (TPSA) is 64.8 Å². The molecular weight excluding hydrogens is 280 g/mol. The van der Waals surface area contributed by atoms with Crippen LogP contribution in [0.25, 0.3) is 0 Å². The molecule has 1 amide bonds. The zero-order chi connectivity index (χ0) is 14.5. The Hall–Kier alpha value is -1.30. The highest BCUT2D eigenvalue weighted by Crippen LogP contribution is 2.23. The summed E-state index contributed by atoms with van der Waals surface area (Å²) in [5, 5.41) is 0.578. The molecule has 1 fully saturated rings. The summed E-state index contributed by atoms with van der Waals surface area (Å²) in [5.74, 6) is 0.279. The van der Waals surface area contributed by atoms with Gasteiger partial charge >= 0.3 is 0 Å². The van der Waals surface area contributed by atoms with Crippen molar-refractivity contribution in [2.45, 2.75) is 19.1 Å². The first kappa shape index (κ1) is 15.1. The number of nitrogens with two attached hydrogens (primary N) is 1. The Balaban J connectivity index is 1.89. The number of rotatable bonds is 5. The molecule has 1 aromatic rings. The summed E-state index contributed by atoms with van der Waals surface area (Å²) < 4.78 is 11.1. The average molecular weight is 299 g/mol. The molecule has 110 valence electrons. The monoisotopic (exact) mass is 298 g/mol. The Bertz CT molecular complexity index is 469. The van der Waals surface area contributed by atoms with Gasteiger partial charge in [-0.1, -0.05) is 23.7 Å². The van der Waals surface area contributed by atoms with E-state index in [0.717, 1.165) is 0 Å². The second kappa shape index (κ2) is 6.92. The van der Waals surface area contributed by atoms with Gasteiger partial charge in [0.25, 0.3) is 0 Å². The molecule has 0 aliphatic carbocycles. The fourth-order valence-corrected chi connectivity index (χ4v) is 2.57. The minimum atomic E-state index is -0.404. The van der Waals surface area contributed by atoms with E-state index in [1.165, 1.54) is 0 Å². The number of carbonyl (C=O) groups is 1. The molecule has 1 aliphatic rings. The summed E-state index contributed by atoms with van der Waals surface area (Å²) in [6.07, 6.45) is -0.193. The third-order valence-electron chi connectivity index (χ3n) is 3.36. The summed E-state index contributed by atoms with van der Waals surface area (Å²) in [4.78, 5) is 13.5. The molecule has 0 radical (unpaired) electrons. The zero-order valence-corrected chi connectivity index (χ0v) is 12.2. The van der Waals surface area contributed by atoms with Gasteiger partial charge in [-0.25, -0.2) is 0 Å². The van der Waals surface area contributed by atoms with Crippen molar-refractivity contribution < 1.29 is 14.3 Å². The molecule has 0 spiro atoms. The maximum Gasteiger partial charge on any atom is 0.237 e. The maximum atomic E-state index is 11.5. The van der Waals surface area contributed by atoms with Crippen LogP contribution in [0, 0.1) is 0 Å². The van der Waals surface area contributed by atoms with E-state index in [1.54, 1.807) is 6.07 Å². The van der Waals surface area contributed by atoms with E-state index >= 15 is 0 Å². The quantitative estimate of drug-likeness (QED) is 0.890. The van der Waals surface area contributed by atoms with Crippen molar-refractivity contribution >= 4 is 17.5 Å². The normalized spacial score (nSPS) is 23.5. The molecule has 0 saturated carbocycles. The third-order valence-corrected chi connectivity index (χ3v) is 3.67. The molecule has 20 heavy (non-hydrogen) atoms. The zero-order valence-electron chi connectivity index (χ0n) is 11.4. The summed E-state index contributed by atoms with van der Waals surface area (Å²) in [6, 6.07) is 6.90. The van der Waals surface area contributed by atoms with Crippen LogP contribution in [0.3, 0.4) is 0 Å². The van der Waals surface area contributed by atoms with Gasteiger partial charge in [0.2, 0.25) is 5.91 Å². The molecule has 1 heterocycles. The first-order valence-electron chi connectivity index (χ1n) is 6.62. The first-order valence-corrected chi connectivity index (χ1v) is 6.99. The number of benzene rings is 1. The highest BCUT2D eigenvalue weighted by atomic mass is 35.5. The predicted octanol–water partition coefficient (Wildman–Crippen LogP) is 1.29. The Morgan fingerprint density at radius 2 is 2.30 bits per heavy atom. The molecule has 0 aromatic heterocycles. The lowest BCUT2D eigenvalue weighted by Gasteiger charge is -2.37. The van der Waals surface area contributed by atoms with E-state index in [0.29, 0.717) is 37.1 Å². The smallest absolute Gasteiger partial charge is 0.237 e. The number of para-hydroxylation sites is 1. The van der Waals surface area contributed by atoms with Gasteiger partial charge in [-0.2, -0.15) is 0 Å². The molecule has 0 bridgehead atoms. The van der Waals surface area contributed by atoms with Crippen molar-refractivity contribution in [3.8, 4) is 5.75 Å². The summed E-state index contributed by atoms with van der Waals surface area (Å²) in [5.41, 5.74) is 5.43. The van der Waals surface area contributed by atoms with Crippen LogP contribution < -0.4 is 10.5 Å². The number of morpholine rings is 1. The third kappa shape index (κ3) is 3.62. The molecule has 2 rings (SSSR count). The summed E-state index contributed by atoms with van der Waals surface area (Å²) in [6.45, 7) is 4.17. The van der Waals surface area contributed by atoms with Gasteiger partial charge in [0.1, 0.15) is 18.4 Å². The molecule has 1 saturated heterocycles. The van der Waals surface area contributed by atoms with Gasteiger partial charge < -0.3 is 15.2 Å². The molecule has 2 N–H and O–H groups in total. The number of primary amides is 1. The number of ether oxygens (including phenoxy) is 2. The van der Waals surface area contributed by atoms with Gasteiger partial charge in [0.05, 0.1) is 17.7 Å². The Labute approximate surface area is 123 Å². The van der Waals surface area contributed by atoms with Crippen LogP contribution in [0.2, 0.25) is 5.02 Å². The lowest BCUT2D eigenvalue weighted by molar-refractivity contribution is -0.136. The van der Waals surface area contributed by atoms with Crippen molar-refractivity contribution in [2.24, 2.45) is 5.73 Å². The minimum Gasteiger partial charge on any atom is -0.491 e. The first-order chi connectivity index (χ1) is 9.59. The van der Waals surface area contributed by atoms with E-state index in [1.807, 2.05) is 30.0 Å². The SMILES string of the molecule is C[C@H]1OCCN(CCOc2ccccc2Cl)[C@@H]1C(N)=O. The van der Waals surface area contributed by atoms with Gasteiger partial charge in [-0.3, -0.25) is 9.69 Å². The molecule has 1 aromatic carbocycles. The van der Waals surface area contributed by atoms with Crippen LogP contribution in [-0.4, -0.2) is 49.3 Å². The van der Waals surface area contributed by atoms with E-state index in [-0.39, 0.29) is 12.0 Å². The van der Waals surface area contributed by atoms with Gasteiger partial charge in [0.15, 0.2) is 0 Å². The highest BCUT2D eigenvalue weighted by Gasteiger charge is 2.33. The van der Waals surface area contributed by atoms with Crippen LogP contribution >= 0.6 is 11.6 Å². The van der Waals surface area contributed by atoms with E-state index in [4.69, 9.17) is 26.8 Å². The van der Waals surface area contributed by atoms with E-state index < -0.39 is 6.04 Å². The largest absolute Gasteiger partial charge is 0.491 e. The Kier molecular flexibility index (Phi) is 5.23. The minimum absolute atomic E-state index is 0.193. The van der Waals surface area contributed by atoms with E-state index in [9.17, 15) is 4.79 Å². The fourth-order valence-electron chi connectivity index (χ4n) is 2.38. The van der Waals surface area contributed by atoms with Crippen LogP contribution in [0.15, 0.2) is 24.3 Å². The molecule has 5 nitrogen and oxygen atoms in total. The van der Waals surface area contributed by atoms with Crippen molar-refractivity contribution in [2.75, 3.05) is 26.3 Å². The molecule has 0 unspecified atom stereocenters. The number of amides is 1. The fraction of sp³-hybridized carbons (Fsp3) is 0.500. The number of carbonyl (C=O) groups excluding carboxylic acids is 1. The number of halogens is 1. The van der Waals surface area contributed by atoms with Crippen molar-refractivity contribution in [3.05, 3.63) is 29.3 Å². The molecule has 1 aliphatic heterocycles. The molecule has 2 atom stereocenters. The second-order valence-corrected chi connectivity index (χ2v) is 5.15.